The Morgan fingerprint density at radius 1 is 1.37 bits per heavy atom. The smallest absolute Gasteiger partial charge is 0.293 e. The largest absolute Gasteiger partial charge is 0.379 e. The van der Waals surface area contributed by atoms with Crippen LogP contribution in [0.4, 0.5) is 11.4 Å². The lowest BCUT2D eigenvalue weighted by Gasteiger charge is -2.26. The van der Waals surface area contributed by atoms with E-state index >= 15 is 0 Å². The Bertz CT molecular complexity index is 457. The molecule has 0 radical (unpaired) electrons. The van der Waals surface area contributed by atoms with Crippen LogP contribution < -0.4 is 5.32 Å². The highest BCUT2D eigenvalue weighted by Crippen LogP contribution is 2.30. The Morgan fingerprint density at radius 3 is 2.68 bits per heavy atom. The molecule has 1 aromatic carbocycles. The van der Waals surface area contributed by atoms with Crippen LogP contribution in [0, 0.1) is 25.5 Å². The van der Waals surface area contributed by atoms with Crippen LogP contribution in [0.3, 0.4) is 0 Å². The number of halogens is 1. The second-order valence-corrected chi connectivity index (χ2v) is 6.67. The summed E-state index contributed by atoms with van der Waals surface area (Å²) in [4.78, 5) is 10.7. The maximum absolute atomic E-state index is 11.0. The summed E-state index contributed by atoms with van der Waals surface area (Å²) in [7, 11) is 0. The van der Waals surface area contributed by atoms with Crippen molar-refractivity contribution in [3.63, 3.8) is 0 Å². The average molecular weight is 374 g/mol. The van der Waals surface area contributed by atoms with Gasteiger partial charge >= 0.3 is 0 Å². The van der Waals surface area contributed by atoms with Crippen molar-refractivity contribution in [3.05, 3.63) is 31.9 Å². The van der Waals surface area contributed by atoms with Gasteiger partial charge in [-0.1, -0.05) is 19.8 Å². The van der Waals surface area contributed by atoms with E-state index in [-0.39, 0.29) is 10.6 Å². The number of nitro groups is 1. The maximum Gasteiger partial charge on any atom is 0.293 e. The molecule has 1 aliphatic carbocycles. The summed E-state index contributed by atoms with van der Waals surface area (Å²) < 4.78 is 0.890. The molecule has 19 heavy (non-hydrogen) atoms. The van der Waals surface area contributed by atoms with Crippen molar-refractivity contribution in [2.45, 2.75) is 32.6 Å². The summed E-state index contributed by atoms with van der Waals surface area (Å²) in [6.07, 6.45) is 5.01. The van der Waals surface area contributed by atoms with Gasteiger partial charge < -0.3 is 5.32 Å². The van der Waals surface area contributed by atoms with Gasteiger partial charge in [0.1, 0.15) is 5.69 Å². The van der Waals surface area contributed by atoms with Gasteiger partial charge in [0, 0.05) is 16.2 Å². The number of benzene rings is 1. The van der Waals surface area contributed by atoms with Crippen LogP contribution >= 0.6 is 22.6 Å². The van der Waals surface area contributed by atoms with Crippen molar-refractivity contribution < 1.29 is 4.92 Å². The van der Waals surface area contributed by atoms with Crippen molar-refractivity contribution >= 4 is 34.0 Å². The van der Waals surface area contributed by atoms with Gasteiger partial charge in [-0.25, -0.2) is 0 Å². The fraction of sp³-hybridized carbons (Fsp3) is 0.571. The van der Waals surface area contributed by atoms with Crippen LogP contribution in [0.5, 0.6) is 0 Å². The normalized spacial score (nSPS) is 23.1. The van der Waals surface area contributed by atoms with Gasteiger partial charge in [-0.15, -0.1) is 0 Å². The van der Waals surface area contributed by atoms with Crippen LogP contribution in [-0.2, 0) is 0 Å². The SMILES string of the molecule is CC1CCC(CNc2ccc(I)cc2[N+](=O)[O-])CC1. The Hall–Kier alpha value is -0.850. The average Bonchev–Trinajstić information content (AvgIpc) is 2.39. The lowest BCUT2D eigenvalue weighted by Crippen LogP contribution is -2.20. The van der Waals surface area contributed by atoms with Crippen LogP contribution in [0.15, 0.2) is 18.2 Å². The highest BCUT2D eigenvalue weighted by Gasteiger charge is 2.19. The number of hydrogen-bond acceptors (Lipinski definition) is 3. The van der Waals surface area contributed by atoms with E-state index in [1.54, 1.807) is 6.07 Å². The number of rotatable bonds is 4. The third-order valence-electron chi connectivity index (χ3n) is 3.87. The number of nitro benzene ring substituents is 1. The topological polar surface area (TPSA) is 55.2 Å². The van der Waals surface area contributed by atoms with E-state index in [9.17, 15) is 10.1 Å². The monoisotopic (exact) mass is 374 g/mol. The van der Waals surface area contributed by atoms with Crippen LogP contribution in [0.25, 0.3) is 0 Å². The number of hydrogen-bond donors (Lipinski definition) is 1. The van der Waals surface area contributed by atoms with Gasteiger partial charge in [-0.05, 0) is 59.4 Å². The first kappa shape index (κ1) is 14.6. The van der Waals surface area contributed by atoms with E-state index < -0.39 is 0 Å². The van der Waals surface area contributed by atoms with Gasteiger partial charge in [0.25, 0.3) is 5.69 Å². The molecule has 1 aliphatic rings. The molecular weight excluding hydrogens is 355 g/mol. The van der Waals surface area contributed by atoms with Crippen molar-refractivity contribution in [3.8, 4) is 0 Å². The molecule has 0 amide bonds. The minimum absolute atomic E-state index is 0.177. The van der Waals surface area contributed by atoms with Gasteiger partial charge in [0.15, 0.2) is 0 Å². The van der Waals surface area contributed by atoms with E-state index in [2.05, 4.69) is 34.8 Å². The van der Waals surface area contributed by atoms with Crippen molar-refractivity contribution in [1.82, 2.24) is 0 Å². The zero-order valence-electron chi connectivity index (χ0n) is 11.1. The Balaban J connectivity index is 1.97. The molecule has 0 saturated heterocycles. The Morgan fingerprint density at radius 2 is 2.05 bits per heavy atom. The lowest BCUT2D eigenvalue weighted by molar-refractivity contribution is -0.384. The minimum Gasteiger partial charge on any atom is -0.379 e. The second-order valence-electron chi connectivity index (χ2n) is 5.43. The van der Waals surface area contributed by atoms with Gasteiger partial charge in [-0.3, -0.25) is 10.1 Å². The predicted molar refractivity (Wildman–Crippen MR) is 85.4 cm³/mol. The van der Waals surface area contributed by atoms with Crippen LogP contribution in [0.2, 0.25) is 0 Å². The maximum atomic E-state index is 11.0. The molecule has 0 heterocycles. The fourth-order valence-electron chi connectivity index (χ4n) is 2.59. The minimum atomic E-state index is -0.312. The molecule has 0 aliphatic heterocycles. The highest BCUT2D eigenvalue weighted by atomic mass is 127. The standard InChI is InChI=1S/C14H19IN2O2/c1-10-2-4-11(5-3-10)9-16-13-7-6-12(15)8-14(13)17(18)19/h6-8,10-11,16H,2-5,9H2,1H3. The first-order valence-electron chi connectivity index (χ1n) is 6.74. The third kappa shape index (κ3) is 4.06. The summed E-state index contributed by atoms with van der Waals surface area (Å²) in [6, 6.07) is 5.33. The Labute approximate surface area is 127 Å². The summed E-state index contributed by atoms with van der Waals surface area (Å²) in [5.41, 5.74) is 0.820. The van der Waals surface area contributed by atoms with Gasteiger partial charge in [0.05, 0.1) is 4.92 Å². The van der Waals surface area contributed by atoms with Gasteiger partial charge in [0.2, 0.25) is 0 Å². The van der Waals surface area contributed by atoms with Crippen molar-refractivity contribution in [2.75, 3.05) is 11.9 Å². The quantitative estimate of drug-likeness (QED) is 0.482. The van der Waals surface area contributed by atoms with E-state index in [0.29, 0.717) is 11.6 Å². The molecule has 0 spiro atoms. The first-order valence-corrected chi connectivity index (χ1v) is 7.82. The summed E-state index contributed by atoms with van der Waals surface area (Å²) in [5.74, 6) is 1.49. The van der Waals surface area contributed by atoms with Gasteiger partial charge in [-0.2, -0.15) is 0 Å². The molecule has 1 fully saturated rings. The summed E-state index contributed by atoms with van der Waals surface area (Å²) in [5, 5.41) is 14.3. The van der Waals surface area contributed by atoms with E-state index in [1.165, 1.54) is 25.7 Å². The first-order chi connectivity index (χ1) is 9.06. The third-order valence-corrected chi connectivity index (χ3v) is 4.54. The van der Waals surface area contributed by atoms with E-state index in [1.807, 2.05) is 12.1 Å². The molecule has 0 aromatic heterocycles. The molecule has 1 aromatic rings. The molecule has 104 valence electrons. The van der Waals surface area contributed by atoms with Crippen molar-refractivity contribution in [1.29, 1.82) is 0 Å². The fourth-order valence-corrected chi connectivity index (χ4v) is 3.07. The second kappa shape index (κ2) is 6.54. The molecule has 0 bridgehead atoms. The van der Waals surface area contributed by atoms with Crippen molar-refractivity contribution in [2.24, 2.45) is 11.8 Å². The number of anilines is 1. The zero-order valence-corrected chi connectivity index (χ0v) is 13.2. The molecule has 1 saturated carbocycles. The van der Waals surface area contributed by atoms with E-state index in [0.717, 1.165) is 16.0 Å². The molecular formula is C14H19IN2O2. The van der Waals surface area contributed by atoms with Crippen LogP contribution in [-0.4, -0.2) is 11.5 Å². The molecule has 0 unspecified atom stereocenters. The number of nitrogens with zero attached hydrogens (tertiary/aromatic N) is 1. The molecule has 1 N–H and O–H groups in total. The molecule has 5 heteroatoms. The van der Waals surface area contributed by atoms with E-state index in [4.69, 9.17) is 0 Å². The molecule has 4 nitrogen and oxygen atoms in total. The number of nitrogens with one attached hydrogen (secondary N) is 1. The lowest BCUT2D eigenvalue weighted by atomic mass is 9.83. The van der Waals surface area contributed by atoms with Crippen LogP contribution in [0.1, 0.15) is 32.6 Å². The molecule has 2 rings (SSSR count). The molecule has 0 atom stereocenters. The summed E-state index contributed by atoms with van der Waals surface area (Å²) >= 11 is 2.10. The summed E-state index contributed by atoms with van der Waals surface area (Å²) in [6.45, 7) is 3.14. The highest BCUT2D eigenvalue weighted by molar-refractivity contribution is 14.1. The zero-order chi connectivity index (χ0) is 13.8. The Kier molecular flexibility index (Phi) is 5.01. The predicted octanol–water partition coefficient (Wildman–Crippen LogP) is 4.44.